The summed E-state index contributed by atoms with van der Waals surface area (Å²) in [6.07, 6.45) is 5.04. The first-order chi connectivity index (χ1) is 12.7. The molecule has 1 aliphatic carbocycles. The normalized spacial score (nSPS) is 26.2. The van der Waals surface area contributed by atoms with Gasteiger partial charge < -0.3 is 9.88 Å². The number of rotatable bonds is 3. The highest BCUT2D eigenvalue weighted by Gasteiger charge is 2.39. The van der Waals surface area contributed by atoms with Gasteiger partial charge in [-0.15, -0.1) is 0 Å². The minimum absolute atomic E-state index is 0.0266. The molecule has 4 aliphatic rings. The summed E-state index contributed by atoms with van der Waals surface area (Å²) in [6.45, 7) is 3.73. The van der Waals surface area contributed by atoms with Crippen LogP contribution in [0, 0.1) is 11.8 Å². The minimum Gasteiger partial charge on any atom is -0.335 e. The van der Waals surface area contributed by atoms with Crippen molar-refractivity contribution >= 4 is 16.9 Å². The molecule has 0 unspecified atom stereocenters. The maximum Gasteiger partial charge on any atom is 0.280 e. The average molecular weight is 352 g/mol. The third-order valence-electron chi connectivity index (χ3n) is 6.11. The number of benzene rings is 1. The molecule has 1 aromatic heterocycles. The molecule has 4 heterocycles. The van der Waals surface area contributed by atoms with Crippen LogP contribution >= 0.6 is 0 Å². The predicted molar refractivity (Wildman–Crippen MR) is 99.1 cm³/mol. The number of fused-ring (bicyclic) bond motifs is 5. The van der Waals surface area contributed by atoms with Crippen molar-refractivity contribution < 1.29 is 4.79 Å². The Hall–Kier alpha value is -2.21. The van der Waals surface area contributed by atoms with Crippen molar-refractivity contribution in [1.82, 2.24) is 19.8 Å². The van der Waals surface area contributed by atoms with Crippen LogP contribution in [0.25, 0.3) is 11.0 Å². The first-order valence-corrected chi connectivity index (χ1v) is 9.70. The summed E-state index contributed by atoms with van der Waals surface area (Å²) in [7, 11) is 0. The van der Waals surface area contributed by atoms with Gasteiger partial charge in [-0.05, 0) is 49.7 Å². The Morgan fingerprint density at radius 2 is 1.96 bits per heavy atom. The molecule has 2 bridgehead atoms. The number of amides is 1. The van der Waals surface area contributed by atoms with Crippen molar-refractivity contribution in [3.8, 4) is 0 Å². The largest absolute Gasteiger partial charge is 0.335 e. The van der Waals surface area contributed by atoms with Gasteiger partial charge in [0.25, 0.3) is 11.5 Å². The molecule has 1 saturated carbocycles. The molecule has 1 N–H and O–H groups in total. The van der Waals surface area contributed by atoms with Crippen LogP contribution in [0.5, 0.6) is 0 Å². The first kappa shape index (κ1) is 16.0. The molecule has 3 saturated heterocycles. The Kier molecular flexibility index (Phi) is 3.81. The zero-order valence-electron chi connectivity index (χ0n) is 14.9. The summed E-state index contributed by atoms with van der Waals surface area (Å²) in [6, 6.07) is 7.77. The fourth-order valence-corrected chi connectivity index (χ4v) is 4.52. The minimum atomic E-state index is -0.389. The summed E-state index contributed by atoms with van der Waals surface area (Å²) in [5.41, 5.74) is 0.961. The van der Waals surface area contributed by atoms with Crippen molar-refractivity contribution in [2.75, 3.05) is 26.2 Å². The van der Waals surface area contributed by atoms with Gasteiger partial charge in [0.05, 0.1) is 11.0 Å². The molecule has 6 rings (SSSR count). The second-order valence-electron chi connectivity index (χ2n) is 8.14. The number of para-hydroxylation sites is 2. The van der Waals surface area contributed by atoms with E-state index in [0.29, 0.717) is 23.0 Å². The maximum absolute atomic E-state index is 13.1. The number of hydrogen-bond acceptors (Lipinski definition) is 4. The van der Waals surface area contributed by atoms with Crippen molar-refractivity contribution in [3.63, 3.8) is 0 Å². The van der Waals surface area contributed by atoms with Gasteiger partial charge in [-0.3, -0.25) is 14.5 Å². The Labute approximate surface area is 152 Å². The fraction of sp³-hybridized carbons (Fsp3) is 0.550. The number of carbonyl (C=O) groups is 1. The highest BCUT2D eigenvalue weighted by molar-refractivity contribution is 5.93. The summed E-state index contributed by atoms with van der Waals surface area (Å²) in [4.78, 5) is 37.2. The van der Waals surface area contributed by atoms with Crippen molar-refractivity contribution in [3.05, 3.63) is 40.3 Å². The van der Waals surface area contributed by atoms with Gasteiger partial charge in [-0.25, -0.2) is 4.98 Å². The Morgan fingerprint density at radius 3 is 2.81 bits per heavy atom. The van der Waals surface area contributed by atoms with Gasteiger partial charge in [0, 0.05) is 32.2 Å². The van der Waals surface area contributed by atoms with E-state index in [1.165, 1.54) is 25.8 Å². The number of carbonyl (C=O) groups excluding carboxylic acids is 1. The molecular formula is C20H24N4O2. The molecule has 2 aromatic rings. The van der Waals surface area contributed by atoms with E-state index in [0.717, 1.165) is 32.0 Å². The average Bonchev–Trinajstić information content (AvgIpc) is 3.48. The summed E-state index contributed by atoms with van der Waals surface area (Å²) < 4.78 is 0. The molecule has 3 aliphatic heterocycles. The molecule has 6 nitrogen and oxygen atoms in total. The van der Waals surface area contributed by atoms with E-state index < -0.39 is 0 Å². The van der Waals surface area contributed by atoms with Crippen LogP contribution in [0.3, 0.4) is 0 Å². The number of hydrogen-bond donors (Lipinski definition) is 1. The van der Waals surface area contributed by atoms with E-state index in [9.17, 15) is 9.59 Å². The molecule has 26 heavy (non-hydrogen) atoms. The third-order valence-corrected chi connectivity index (χ3v) is 6.11. The van der Waals surface area contributed by atoms with Gasteiger partial charge in [0.1, 0.15) is 0 Å². The van der Waals surface area contributed by atoms with E-state index in [4.69, 9.17) is 0 Å². The van der Waals surface area contributed by atoms with Gasteiger partial charge in [-0.1, -0.05) is 12.1 Å². The molecule has 1 amide bonds. The van der Waals surface area contributed by atoms with Gasteiger partial charge in [0.15, 0.2) is 5.69 Å². The second-order valence-corrected chi connectivity index (χ2v) is 8.14. The fourth-order valence-electron chi connectivity index (χ4n) is 4.52. The van der Waals surface area contributed by atoms with Crippen LogP contribution in [0.2, 0.25) is 0 Å². The van der Waals surface area contributed by atoms with Crippen molar-refractivity contribution in [2.45, 2.75) is 31.7 Å². The van der Waals surface area contributed by atoms with Gasteiger partial charge in [0.2, 0.25) is 0 Å². The standard InChI is InChI=1S/C20H24N4O2/c25-19-18(21-16-3-1-2-4-17(16)22-19)20(26)24-11-14-7-8-15(12-24)23(10-14)9-13-5-6-13/h1-4,13-15H,5-12H2,(H,22,25)/t14-,15-/m0/s1. The van der Waals surface area contributed by atoms with Crippen LogP contribution < -0.4 is 5.56 Å². The van der Waals surface area contributed by atoms with Gasteiger partial charge >= 0.3 is 0 Å². The number of aromatic nitrogens is 2. The smallest absolute Gasteiger partial charge is 0.280 e. The topological polar surface area (TPSA) is 69.3 Å². The molecule has 6 heteroatoms. The van der Waals surface area contributed by atoms with Crippen LogP contribution in [0.1, 0.15) is 36.2 Å². The lowest BCUT2D eigenvalue weighted by Crippen LogP contribution is -2.45. The number of nitrogens with zero attached hydrogens (tertiary/aromatic N) is 3. The first-order valence-electron chi connectivity index (χ1n) is 9.70. The quantitative estimate of drug-likeness (QED) is 0.916. The molecule has 136 valence electrons. The molecule has 0 spiro atoms. The Balaban J connectivity index is 1.42. The zero-order chi connectivity index (χ0) is 17.7. The molecule has 1 aromatic carbocycles. The lowest BCUT2D eigenvalue weighted by Gasteiger charge is -2.36. The molecule has 0 radical (unpaired) electrons. The zero-order valence-corrected chi connectivity index (χ0v) is 14.9. The van der Waals surface area contributed by atoms with Crippen molar-refractivity contribution in [2.24, 2.45) is 11.8 Å². The van der Waals surface area contributed by atoms with Crippen LogP contribution in [-0.2, 0) is 0 Å². The summed E-state index contributed by atoms with van der Waals surface area (Å²) in [5.74, 6) is 1.15. The highest BCUT2D eigenvalue weighted by Crippen LogP contribution is 2.35. The SMILES string of the molecule is O=C(c1nc2ccccc2[nH]c1=O)N1C[C@H]2CC[C@@H](C1)N(CC1CC1)C2. The highest BCUT2D eigenvalue weighted by atomic mass is 16.2. The number of piperidine rings is 1. The molecule has 4 fully saturated rings. The monoisotopic (exact) mass is 352 g/mol. The van der Waals surface area contributed by atoms with E-state index in [1.807, 2.05) is 23.1 Å². The van der Waals surface area contributed by atoms with Crippen molar-refractivity contribution in [1.29, 1.82) is 0 Å². The third kappa shape index (κ3) is 2.92. The number of nitrogens with one attached hydrogen (secondary N) is 1. The van der Waals surface area contributed by atoms with E-state index >= 15 is 0 Å². The Bertz CT molecular complexity index is 904. The maximum atomic E-state index is 13.1. The lowest BCUT2D eigenvalue weighted by molar-refractivity contribution is 0.0729. The van der Waals surface area contributed by atoms with Crippen LogP contribution in [-0.4, -0.2) is 57.9 Å². The Morgan fingerprint density at radius 1 is 1.12 bits per heavy atom. The summed E-state index contributed by atoms with van der Waals surface area (Å²) in [5, 5.41) is 0. The summed E-state index contributed by atoms with van der Waals surface area (Å²) >= 11 is 0. The van der Waals surface area contributed by atoms with E-state index in [-0.39, 0.29) is 17.2 Å². The predicted octanol–water partition coefficient (Wildman–Crippen LogP) is 1.87. The second kappa shape index (κ2) is 6.20. The number of aromatic amines is 1. The van der Waals surface area contributed by atoms with Crippen LogP contribution in [0.15, 0.2) is 29.1 Å². The lowest BCUT2D eigenvalue weighted by atomic mass is 9.95. The van der Waals surface area contributed by atoms with Gasteiger partial charge in [-0.2, -0.15) is 0 Å². The van der Waals surface area contributed by atoms with E-state index in [2.05, 4.69) is 14.9 Å². The van der Waals surface area contributed by atoms with E-state index in [1.54, 1.807) is 6.07 Å². The van der Waals surface area contributed by atoms with Crippen LogP contribution in [0.4, 0.5) is 0 Å². The molecule has 2 atom stereocenters. The number of H-pyrrole nitrogens is 1. The molecular weight excluding hydrogens is 328 g/mol.